The van der Waals surface area contributed by atoms with Crippen molar-refractivity contribution in [3.05, 3.63) is 0 Å². The number of hydrogen-bond acceptors (Lipinski definition) is 3. The minimum absolute atomic E-state index is 0.159. The van der Waals surface area contributed by atoms with Crippen molar-refractivity contribution in [2.45, 2.75) is 46.1 Å². The van der Waals surface area contributed by atoms with Gasteiger partial charge in [0.25, 0.3) is 0 Å². The van der Waals surface area contributed by atoms with Crippen LogP contribution in [0.4, 0.5) is 0 Å². The zero-order valence-electron chi connectivity index (χ0n) is 12.4. The maximum atomic E-state index is 12.0. The van der Waals surface area contributed by atoms with E-state index in [0.29, 0.717) is 25.3 Å². The van der Waals surface area contributed by atoms with Crippen molar-refractivity contribution in [1.29, 1.82) is 0 Å². The lowest BCUT2D eigenvalue weighted by Gasteiger charge is -2.32. The Hall–Kier alpha value is -1.10. The molecular weight excluding hydrogens is 242 g/mol. The summed E-state index contributed by atoms with van der Waals surface area (Å²) in [6.07, 6.45) is 1.63. The van der Waals surface area contributed by atoms with Crippen LogP contribution in [0.1, 0.15) is 40.0 Å². The highest BCUT2D eigenvalue weighted by Crippen LogP contribution is 2.06. The summed E-state index contributed by atoms with van der Waals surface area (Å²) in [4.78, 5) is 27.5. The lowest BCUT2D eigenvalue weighted by atomic mass is 10.1. The third kappa shape index (κ3) is 5.19. The number of hydrogen-bond donors (Lipinski definition) is 1. The molecule has 1 saturated heterocycles. The molecule has 0 aliphatic carbocycles. The van der Waals surface area contributed by atoms with E-state index in [0.717, 1.165) is 32.7 Å². The van der Waals surface area contributed by atoms with Gasteiger partial charge in [-0.3, -0.25) is 9.59 Å². The molecule has 1 unspecified atom stereocenters. The lowest BCUT2D eigenvalue weighted by molar-refractivity contribution is -0.133. The second-order valence-corrected chi connectivity index (χ2v) is 5.11. The Morgan fingerprint density at radius 1 is 1.26 bits per heavy atom. The van der Waals surface area contributed by atoms with Crippen molar-refractivity contribution in [3.63, 3.8) is 0 Å². The van der Waals surface area contributed by atoms with Crippen LogP contribution in [-0.4, -0.2) is 60.4 Å². The molecule has 0 aromatic carbocycles. The predicted octanol–water partition coefficient (Wildman–Crippen LogP) is 0.845. The molecule has 1 atom stereocenters. The van der Waals surface area contributed by atoms with Crippen LogP contribution in [0.25, 0.3) is 0 Å². The lowest BCUT2D eigenvalue weighted by Crippen LogP contribution is -2.51. The molecule has 1 aliphatic heterocycles. The van der Waals surface area contributed by atoms with Crippen molar-refractivity contribution in [2.75, 3.05) is 32.7 Å². The fourth-order valence-electron chi connectivity index (χ4n) is 2.44. The molecule has 1 aliphatic rings. The monoisotopic (exact) mass is 269 g/mol. The molecule has 110 valence electrons. The Morgan fingerprint density at radius 2 is 1.95 bits per heavy atom. The van der Waals surface area contributed by atoms with Crippen LogP contribution in [-0.2, 0) is 9.59 Å². The van der Waals surface area contributed by atoms with Crippen LogP contribution in [0.15, 0.2) is 0 Å². The van der Waals surface area contributed by atoms with E-state index in [4.69, 9.17) is 0 Å². The smallest absolute Gasteiger partial charge is 0.222 e. The molecule has 0 saturated carbocycles. The predicted molar refractivity (Wildman–Crippen MR) is 75.8 cm³/mol. The molecule has 0 aromatic rings. The van der Waals surface area contributed by atoms with E-state index in [2.05, 4.69) is 12.2 Å². The van der Waals surface area contributed by atoms with Gasteiger partial charge in [-0.1, -0.05) is 0 Å². The van der Waals surface area contributed by atoms with Gasteiger partial charge >= 0.3 is 0 Å². The first-order valence-electron chi connectivity index (χ1n) is 7.37. The number of rotatable bonds is 6. The summed E-state index contributed by atoms with van der Waals surface area (Å²) in [7, 11) is 0. The first-order chi connectivity index (χ1) is 9.08. The van der Waals surface area contributed by atoms with Gasteiger partial charge in [-0.15, -0.1) is 0 Å². The summed E-state index contributed by atoms with van der Waals surface area (Å²) in [5, 5.41) is 3.32. The maximum absolute atomic E-state index is 12.0. The van der Waals surface area contributed by atoms with E-state index in [1.54, 1.807) is 0 Å². The number of piperazine rings is 1. The zero-order chi connectivity index (χ0) is 14.3. The number of amides is 2. The molecule has 2 amide bonds. The van der Waals surface area contributed by atoms with Gasteiger partial charge in [0, 0.05) is 51.6 Å². The summed E-state index contributed by atoms with van der Waals surface area (Å²) >= 11 is 0. The van der Waals surface area contributed by atoms with E-state index in [-0.39, 0.29) is 11.8 Å². The van der Waals surface area contributed by atoms with Crippen LogP contribution < -0.4 is 5.32 Å². The van der Waals surface area contributed by atoms with Crippen LogP contribution in [0, 0.1) is 0 Å². The van der Waals surface area contributed by atoms with Crippen molar-refractivity contribution >= 4 is 11.8 Å². The minimum atomic E-state index is 0.159. The Kier molecular flexibility index (Phi) is 6.84. The van der Waals surface area contributed by atoms with Crippen molar-refractivity contribution < 1.29 is 9.59 Å². The molecule has 5 nitrogen and oxygen atoms in total. The van der Waals surface area contributed by atoms with Gasteiger partial charge < -0.3 is 15.1 Å². The van der Waals surface area contributed by atoms with Gasteiger partial charge in [-0.05, 0) is 27.2 Å². The topological polar surface area (TPSA) is 52.7 Å². The summed E-state index contributed by atoms with van der Waals surface area (Å²) in [5.74, 6) is 0.340. The zero-order valence-corrected chi connectivity index (χ0v) is 12.4. The number of nitrogens with one attached hydrogen (secondary N) is 1. The Morgan fingerprint density at radius 3 is 2.53 bits per heavy atom. The van der Waals surface area contributed by atoms with Gasteiger partial charge in [0.1, 0.15) is 0 Å². The first-order valence-corrected chi connectivity index (χ1v) is 7.37. The SMILES string of the molecule is CCN(CC)C(=O)CCCC(=O)N1CCNC(C)C1. The van der Waals surface area contributed by atoms with Gasteiger partial charge in [-0.2, -0.15) is 0 Å². The highest BCUT2D eigenvalue weighted by molar-refractivity contribution is 5.79. The van der Waals surface area contributed by atoms with E-state index >= 15 is 0 Å². The van der Waals surface area contributed by atoms with Crippen LogP contribution in [0.5, 0.6) is 0 Å². The van der Waals surface area contributed by atoms with Crippen LogP contribution in [0.2, 0.25) is 0 Å². The van der Waals surface area contributed by atoms with E-state index in [1.807, 2.05) is 23.6 Å². The molecule has 1 rings (SSSR count). The standard InChI is InChI=1S/C14H27N3O2/c1-4-16(5-2)13(18)7-6-8-14(19)17-10-9-15-12(3)11-17/h12,15H,4-11H2,1-3H3. The molecule has 0 aromatic heterocycles. The summed E-state index contributed by atoms with van der Waals surface area (Å²) in [6.45, 7) is 9.98. The van der Waals surface area contributed by atoms with Crippen molar-refractivity contribution in [1.82, 2.24) is 15.1 Å². The van der Waals surface area contributed by atoms with Gasteiger partial charge in [0.05, 0.1) is 0 Å². The Labute approximate surface area is 116 Å². The highest BCUT2D eigenvalue weighted by Gasteiger charge is 2.20. The van der Waals surface area contributed by atoms with Gasteiger partial charge in [-0.25, -0.2) is 0 Å². The van der Waals surface area contributed by atoms with Crippen molar-refractivity contribution in [3.8, 4) is 0 Å². The van der Waals surface area contributed by atoms with E-state index in [9.17, 15) is 9.59 Å². The van der Waals surface area contributed by atoms with Crippen molar-refractivity contribution in [2.24, 2.45) is 0 Å². The fourth-order valence-corrected chi connectivity index (χ4v) is 2.44. The fraction of sp³-hybridized carbons (Fsp3) is 0.857. The molecular formula is C14H27N3O2. The molecule has 1 heterocycles. The van der Waals surface area contributed by atoms with E-state index < -0.39 is 0 Å². The summed E-state index contributed by atoms with van der Waals surface area (Å²) in [5.41, 5.74) is 0. The Bertz CT molecular complexity index is 303. The normalized spacial score (nSPS) is 19.3. The first kappa shape index (κ1) is 16.0. The highest BCUT2D eigenvalue weighted by atomic mass is 16.2. The molecule has 5 heteroatoms. The Balaban J connectivity index is 2.25. The molecule has 1 N–H and O–H groups in total. The van der Waals surface area contributed by atoms with Gasteiger partial charge in [0.15, 0.2) is 0 Å². The van der Waals surface area contributed by atoms with Gasteiger partial charge in [0.2, 0.25) is 11.8 Å². The second-order valence-electron chi connectivity index (χ2n) is 5.11. The molecule has 19 heavy (non-hydrogen) atoms. The second kappa shape index (κ2) is 8.15. The third-order valence-corrected chi connectivity index (χ3v) is 3.62. The number of carbonyl (C=O) groups excluding carboxylic acids is 2. The molecule has 0 spiro atoms. The van der Waals surface area contributed by atoms with Crippen LogP contribution >= 0.6 is 0 Å². The van der Waals surface area contributed by atoms with E-state index in [1.165, 1.54) is 0 Å². The maximum Gasteiger partial charge on any atom is 0.222 e. The third-order valence-electron chi connectivity index (χ3n) is 3.62. The van der Waals surface area contributed by atoms with Crippen LogP contribution in [0.3, 0.4) is 0 Å². The average Bonchev–Trinajstić information content (AvgIpc) is 2.40. The molecule has 0 bridgehead atoms. The minimum Gasteiger partial charge on any atom is -0.343 e. The number of nitrogens with zero attached hydrogens (tertiary/aromatic N) is 2. The molecule has 1 fully saturated rings. The summed E-state index contributed by atoms with van der Waals surface area (Å²) < 4.78 is 0. The quantitative estimate of drug-likeness (QED) is 0.777. The average molecular weight is 269 g/mol. The number of carbonyl (C=O) groups is 2. The largest absolute Gasteiger partial charge is 0.343 e. The molecule has 0 radical (unpaired) electrons. The summed E-state index contributed by atoms with van der Waals surface area (Å²) in [6, 6.07) is 0.370.